The van der Waals surface area contributed by atoms with Gasteiger partial charge in [-0.15, -0.1) is 0 Å². The van der Waals surface area contributed by atoms with E-state index in [9.17, 15) is 14.9 Å². The molecule has 1 aromatic rings. The lowest BCUT2D eigenvalue weighted by Crippen LogP contribution is -2.22. The number of rotatable bonds is 5. The standard InChI is InChI=1S/C11H13BrN2O4/c1-3-8(12)11(15)13-9-5-4-7(18-2)6-10(9)14(16)17/h4-6,8H,3H2,1-2H3,(H,13,15). The van der Waals surface area contributed by atoms with Gasteiger partial charge in [0.1, 0.15) is 11.4 Å². The van der Waals surface area contributed by atoms with Crippen molar-refractivity contribution in [2.24, 2.45) is 0 Å². The zero-order valence-electron chi connectivity index (χ0n) is 9.97. The highest BCUT2D eigenvalue weighted by Gasteiger charge is 2.19. The molecule has 1 N–H and O–H groups in total. The Bertz CT molecular complexity index is 464. The first kappa shape index (κ1) is 14.4. The molecule has 0 aliphatic rings. The van der Waals surface area contributed by atoms with Gasteiger partial charge in [0, 0.05) is 0 Å². The molecule has 6 nitrogen and oxygen atoms in total. The molecule has 0 saturated heterocycles. The number of nitro groups is 1. The van der Waals surface area contributed by atoms with E-state index in [0.29, 0.717) is 12.2 Å². The Hall–Kier alpha value is -1.63. The van der Waals surface area contributed by atoms with Crippen LogP contribution < -0.4 is 10.1 Å². The number of halogens is 1. The van der Waals surface area contributed by atoms with Gasteiger partial charge in [-0.25, -0.2) is 0 Å². The van der Waals surface area contributed by atoms with Crippen LogP contribution in [0.15, 0.2) is 18.2 Å². The maximum absolute atomic E-state index is 11.7. The van der Waals surface area contributed by atoms with Gasteiger partial charge >= 0.3 is 0 Å². The van der Waals surface area contributed by atoms with Crippen LogP contribution in [0, 0.1) is 10.1 Å². The summed E-state index contributed by atoms with van der Waals surface area (Å²) in [5.74, 6) is 0.0522. The number of ether oxygens (including phenoxy) is 1. The summed E-state index contributed by atoms with van der Waals surface area (Å²) in [5, 5.41) is 13.4. The summed E-state index contributed by atoms with van der Waals surface area (Å²) in [6.07, 6.45) is 0.593. The van der Waals surface area contributed by atoms with Crippen LogP contribution in [0.2, 0.25) is 0 Å². The Balaban J connectivity index is 3.01. The smallest absolute Gasteiger partial charge is 0.296 e. The third-order valence-corrected chi connectivity index (χ3v) is 3.37. The van der Waals surface area contributed by atoms with Crippen LogP contribution in [-0.4, -0.2) is 22.8 Å². The summed E-state index contributed by atoms with van der Waals surface area (Å²) >= 11 is 3.18. The van der Waals surface area contributed by atoms with Crippen molar-refractivity contribution in [2.45, 2.75) is 18.2 Å². The highest BCUT2D eigenvalue weighted by atomic mass is 79.9. The van der Waals surface area contributed by atoms with Gasteiger partial charge in [0.15, 0.2) is 0 Å². The molecule has 1 rings (SSSR count). The van der Waals surface area contributed by atoms with Crippen molar-refractivity contribution >= 4 is 33.2 Å². The van der Waals surface area contributed by atoms with Crippen molar-refractivity contribution in [3.8, 4) is 5.75 Å². The monoisotopic (exact) mass is 316 g/mol. The lowest BCUT2D eigenvalue weighted by molar-refractivity contribution is -0.384. The number of nitro benzene ring substituents is 1. The summed E-state index contributed by atoms with van der Waals surface area (Å²) in [4.78, 5) is 21.6. The highest BCUT2D eigenvalue weighted by Crippen LogP contribution is 2.29. The molecule has 0 aliphatic carbocycles. The van der Waals surface area contributed by atoms with Crippen LogP contribution in [0.3, 0.4) is 0 Å². The lowest BCUT2D eigenvalue weighted by Gasteiger charge is -2.09. The van der Waals surface area contributed by atoms with Crippen LogP contribution in [0.4, 0.5) is 11.4 Å². The van der Waals surface area contributed by atoms with Crippen molar-refractivity contribution in [1.82, 2.24) is 0 Å². The second kappa shape index (κ2) is 6.34. The van der Waals surface area contributed by atoms with E-state index in [1.54, 1.807) is 6.07 Å². The van der Waals surface area contributed by atoms with Crippen LogP contribution in [0.1, 0.15) is 13.3 Å². The van der Waals surface area contributed by atoms with Crippen molar-refractivity contribution in [1.29, 1.82) is 0 Å². The summed E-state index contributed by atoms with van der Waals surface area (Å²) in [6.45, 7) is 1.83. The molecule has 1 unspecified atom stereocenters. The molecule has 0 bridgehead atoms. The Morgan fingerprint density at radius 1 is 1.61 bits per heavy atom. The largest absolute Gasteiger partial charge is 0.496 e. The minimum atomic E-state index is -0.562. The number of benzene rings is 1. The van der Waals surface area contributed by atoms with E-state index in [1.165, 1.54) is 19.2 Å². The molecule has 7 heteroatoms. The molecule has 1 amide bonds. The lowest BCUT2D eigenvalue weighted by atomic mass is 10.2. The van der Waals surface area contributed by atoms with Gasteiger partial charge in [-0.05, 0) is 18.6 Å². The molecule has 0 aliphatic heterocycles. The zero-order valence-corrected chi connectivity index (χ0v) is 11.6. The van der Waals surface area contributed by atoms with Crippen LogP contribution in [0.25, 0.3) is 0 Å². The Kier molecular flexibility index (Phi) is 5.08. The fourth-order valence-electron chi connectivity index (χ4n) is 1.29. The number of alkyl halides is 1. The van der Waals surface area contributed by atoms with Gasteiger partial charge in [0.2, 0.25) is 5.91 Å². The first-order chi connectivity index (χ1) is 8.49. The molecule has 0 spiro atoms. The number of anilines is 1. The fraction of sp³-hybridized carbons (Fsp3) is 0.364. The minimum absolute atomic E-state index is 0.156. The number of hydrogen-bond acceptors (Lipinski definition) is 4. The SMILES string of the molecule is CCC(Br)C(=O)Nc1ccc(OC)cc1[N+](=O)[O-]. The fourth-order valence-corrected chi connectivity index (χ4v) is 1.41. The van der Waals surface area contributed by atoms with Gasteiger partial charge in [-0.1, -0.05) is 22.9 Å². The van der Waals surface area contributed by atoms with Crippen molar-refractivity contribution in [3.63, 3.8) is 0 Å². The predicted molar refractivity (Wildman–Crippen MR) is 71.3 cm³/mol. The minimum Gasteiger partial charge on any atom is -0.496 e. The molecular formula is C11H13BrN2O4. The molecule has 0 heterocycles. The topological polar surface area (TPSA) is 81.5 Å². The van der Waals surface area contributed by atoms with E-state index in [0.717, 1.165) is 0 Å². The summed E-state index contributed by atoms with van der Waals surface area (Å²) in [7, 11) is 1.42. The molecule has 1 atom stereocenters. The second-order valence-electron chi connectivity index (χ2n) is 3.51. The summed E-state index contributed by atoms with van der Waals surface area (Å²) in [6, 6.07) is 4.27. The van der Waals surface area contributed by atoms with Crippen LogP contribution in [-0.2, 0) is 4.79 Å². The van der Waals surface area contributed by atoms with Gasteiger partial charge in [-0.2, -0.15) is 0 Å². The van der Waals surface area contributed by atoms with Crippen LogP contribution >= 0.6 is 15.9 Å². The number of amides is 1. The van der Waals surface area contributed by atoms with Gasteiger partial charge in [0.25, 0.3) is 5.69 Å². The van der Waals surface area contributed by atoms with E-state index in [-0.39, 0.29) is 22.1 Å². The van der Waals surface area contributed by atoms with Gasteiger partial charge < -0.3 is 10.1 Å². The van der Waals surface area contributed by atoms with Crippen molar-refractivity contribution in [2.75, 3.05) is 12.4 Å². The molecule has 0 radical (unpaired) electrons. The van der Waals surface area contributed by atoms with E-state index >= 15 is 0 Å². The number of methoxy groups -OCH3 is 1. The predicted octanol–water partition coefficient (Wildman–Crippen LogP) is 2.72. The average molecular weight is 317 g/mol. The van der Waals surface area contributed by atoms with E-state index in [2.05, 4.69) is 21.2 Å². The van der Waals surface area contributed by atoms with E-state index in [1.807, 2.05) is 6.92 Å². The highest BCUT2D eigenvalue weighted by molar-refractivity contribution is 9.10. The van der Waals surface area contributed by atoms with E-state index in [4.69, 9.17) is 4.74 Å². The number of carbonyl (C=O) groups is 1. The van der Waals surface area contributed by atoms with Crippen LogP contribution in [0.5, 0.6) is 5.75 Å². The number of nitrogens with one attached hydrogen (secondary N) is 1. The van der Waals surface area contributed by atoms with Gasteiger partial charge in [0.05, 0.1) is 22.9 Å². The number of hydrogen-bond donors (Lipinski definition) is 1. The molecule has 98 valence electrons. The first-order valence-electron chi connectivity index (χ1n) is 5.27. The normalized spacial score (nSPS) is 11.7. The molecule has 0 fully saturated rings. The molecule has 18 heavy (non-hydrogen) atoms. The third kappa shape index (κ3) is 3.43. The second-order valence-corrected chi connectivity index (χ2v) is 4.61. The van der Waals surface area contributed by atoms with E-state index < -0.39 is 4.92 Å². The van der Waals surface area contributed by atoms with Crippen molar-refractivity contribution in [3.05, 3.63) is 28.3 Å². The molecule has 0 saturated carbocycles. The summed E-state index contributed by atoms with van der Waals surface area (Å²) in [5.41, 5.74) is -0.0396. The third-order valence-electron chi connectivity index (χ3n) is 2.30. The summed E-state index contributed by atoms with van der Waals surface area (Å²) < 4.78 is 4.91. The molecule has 1 aromatic carbocycles. The Morgan fingerprint density at radius 3 is 2.78 bits per heavy atom. The van der Waals surface area contributed by atoms with Gasteiger partial charge in [-0.3, -0.25) is 14.9 Å². The average Bonchev–Trinajstić information content (AvgIpc) is 2.37. The Morgan fingerprint density at radius 2 is 2.28 bits per heavy atom. The molecular weight excluding hydrogens is 304 g/mol. The van der Waals surface area contributed by atoms with Crippen molar-refractivity contribution < 1.29 is 14.5 Å². The quantitative estimate of drug-likeness (QED) is 0.514. The number of carbonyl (C=O) groups excluding carboxylic acids is 1. The maximum atomic E-state index is 11.7. The molecule has 0 aromatic heterocycles. The Labute approximate surface area is 113 Å². The first-order valence-corrected chi connectivity index (χ1v) is 6.18. The number of nitrogens with zero attached hydrogens (tertiary/aromatic N) is 1. The maximum Gasteiger partial charge on any atom is 0.296 e. The zero-order chi connectivity index (χ0) is 13.7.